The summed E-state index contributed by atoms with van der Waals surface area (Å²) in [6, 6.07) is 31.8. The second-order valence-corrected chi connectivity index (χ2v) is 24.4. The van der Waals surface area contributed by atoms with Crippen molar-refractivity contribution in [2.75, 3.05) is 22.9 Å². The summed E-state index contributed by atoms with van der Waals surface area (Å²) in [5, 5.41) is 6.29. The largest absolute Gasteiger partial charge is 0.328 e. The maximum absolute atomic E-state index is 14.3. The number of anilines is 2. The number of hydrogen-bond acceptors (Lipinski definition) is 6. The quantitative estimate of drug-likeness (QED) is 0.148. The van der Waals surface area contributed by atoms with Crippen LogP contribution >= 0.6 is 0 Å². The van der Waals surface area contributed by atoms with E-state index >= 15 is 0 Å². The molecule has 0 aromatic heterocycles. The summed E-state index contributed by atoms with van der Waals surface area (Å²) in [7, 11) is 0. The van der Waals surface area contributed by atoms with Gasteiger partial charge in [0.05, 0.1) is 12.1 Å². The van der Waals surface area contributed by atoms with Crippen LogP contribution in [0.2, 0.25) is 0 Å². The minimum Gasteiger partial charge on any atom is -0.296 e. The molecule has 4 aliphatic heterocycles. The molecule has 404 valence electrons. The average Bonchev–Trinajstić information content (AvgIpc) is 4.43. The smallest absolute Gasteiger partial charge is 0.296 e. The number of rotatable bonds is 12. The summed E-state index contributed by atoms with van der Waals surface area (Å²) >= 11 is 0. The van der Waals surface area contributed by atoms with Gasteiger partial charge in [-0.3, -0.25) is 40.2 Å². The van der Waals surface area contributed by atoms with Crippen molar-refractivity contribution >= 4 is 35.1 Å². The van der Waals surface area contributed by atoms with E-state index in [-0.39, 0.29) is 47.9 Å². The van der Waals surface area contributed by atoms with Crippen LogP contribution < -0.4 is 20.4 Å². The lowest BCUT2D eigenvalue weighted by molar-refractivity contribution is 0.123. The predicted octanol–water partition coefficient (Wildman–Crippen LogP) is 14.0. The third-order valence-corrected chi connectivity index (χ3v) is 19.0. The second-order valence-electron chi connectivity index (χ2n) is 24.4. The van der Waals surface area contributed by atoms with Gasteiger partial charge in [-0.1, -0.05) is 113 Å². The number of piperidine rings is 2. The van der Waals surface area contributed by atoms with Crippen molar-refractivity contribution in [2.24, 2.45) is 21.8 Å². The molecule has 4 aromatic carbocycles. The number of nitrogens with zero attached hydrogens (tertiary/aromatic N) is 6. The maximum Gasteiger partial charge on any atom is 0.328 e. The number of nitrogens with one attached hydrogen (secondary N) is 2. The second kappa shape index (κ2) is 22.5. The van der Waals surface area contributed by atoms with Crippen LogP contribution in [0.25, 0.3) is 0 Å². The molecule has 4 saturated heterocycles. The fourth-order valence-corrected chi connectivity index (χ4v) is 14.2. The number of benzene rings is 4. The molecule has 4 saturated carbocycles. The van der Waals surface area contributed by atoms with Crippen LogP contribution in [0.3, 0.4) is 0 Å². The first-order valence-electron chi connectivity index (χ1n) is 29.4. The topological polar surface area (TPSA) is 95.9 Å². The van der Waals surface area contributed by atoms with Crippen LogP contribution in [0.1, 0.15) is 177 Å². The zero-order valence-electron chi connectivity index (χ0n) is 45.7. The van der Waals surface area contributed by atoms with E-state index in [0.29, 0.717) is 23.2 Å². The van der Waals surface area contributed by atoms with Crippen LogP contribution in [-0.4, -0.2) is 81.9 Å². The average molecular weight is 1030 g/mol. The van der Waals surface area contributed by atoms with Gasteiger partial charge in [-0.2, -0.15) is 0 Å². The van der Waals surface area contributed by atoms with Crippen LogP contribution in [-0.2, 0) is 13.1 Å². The maximum atomic E-state index is 14.3. The molecule has 8 fully saturated rings. The van der Waals surface area contributed by atoms with Gasteiger partial charge >= 0.3 is 12.1 Å². The van der Waals surface area contributed by atoms with Gasteiger partial charge in [-0.25, -0.2) is 18.4 Å². The van der Waals surface area contributed by atoms with Gasteiger partial charge in [-0.05, 0) is 173 Å². The highest BCUT2D eigenvalue weighted by atomic mass is 19.1. The third kappa shape index (κ3) is 11.3. The molecule has 4 aliphatic carbocycles. The van der Waals surface area contributed by atoms with E-state index in [1.807, 2.05) is 21.9 Å². The molecule has 4 aromatic rings. The normalized spacial score (nSPS) is 28.7. The Labute approximate surface area is 451 Å². The van der Waals surface area contributed by atoms with Gasteiger partial charge in [0.1, 0.15) is 34.4 Å². The van der Waals surface area contributed by atoms with Gasteiger partial charge in [0, 0.05) is 49.6 Å². The number of likely N-dealkylation sites (tertiary alicyclic amines) is 2. The number of carbonyl (C=O) groups is 2. The highest BCUT2D eigenvalue weighted by Gasteiger charge is 2.56. The van der Waals surface area contributed by atoms with E-state index in [9.17, 15) is 18.4 Å². The summed E-state index contributed by atoms with van der Waals surface area (Å²) in [6.07, 6.45) is 20.1. The molecular formula is C64H82F2N8O2. The van der Waals surface area contributed by atoms with Gasteiger partial charge in [0.2, 0.25) is 0 Å². The molecule has 12 heteroatoms. The van der Waals surface area contributed by atoms with Crippen LogP contribution in [0, 0.1) is 23.5 Å². The Balaban J connectivity index is 0.000000162. The first-order valence-corrected chi connectivity index (χ1v) is 29.4. The van der Waals surface area contributed by atoms with Crippen LogP contribution in [0.15, 0.2) is 107 Å². The Kier molecular flexibility index (Phi) is 15.6. The highest BCUT2D eigenvalue weighted by molar-refractivity contribution is 6.20. The van der Waals surface area contributed by atoms with Crippen molar-refractivity contribution in [1.29, 1.82) is 0 Å². The van der Waals surface area contributed by atoms with Gasteiger partial charge in [0.25, 0.3) is 0 Å². The third-order valence-electron chi connectivity index (χ3n) is 19.0. The monoisotopic (exact) mass is 1030 g/mol. The van der Waals surface area contributed by atoms with Gasteiger partial charge < -0.3 is 0 Å². The van der Waals surface area contributed by atoms with E-state index in [2.05, 4.69) is 96.7 Å². The molecule has 10 nitrogen and oxygen atoms in total. The minimum atomic E-state index is -0.569. The van der Waals surface area contributed by atoms with Gasteiger partial charge in [-0.15, -0.1) is 0 Å². The SMILES string of the molecule is C[C@@H](c1cccc(CN2CC[C@@]3(C[C@@H]2C)C(=NC2CCCCC2)NC(=O)N3c2cccc(F)c2)c1)C1CC1.C[C@H](c1cccc(CN2CC[C@@]3(C[C@@H]2C)C(=NC2CCCCC2)NC(=O)N3c2cccc(F)c2)c1)C1CC1. The Bertz CT molecular complexity index is 2590. The lowest BCUT2D eigenvalue weighted by Crippen LogP contribution is -2.59. The fraction of sp³-hybridized carbons (Fsp3) is 0.562. The molecule has 0 unspecified atom stereocenters. The summed E-state index contributed by atoms with van der Waals surface area (Å²) in [6.45, 7) is 12.8. The number of amidine groups is 2. The van der Waals surface area contributed by atoms with Crippen molar-refractivity contribution < 1.29 is 18.4 Å². The van der Waals surface area contributed by atoms with Crippen LogP contribution in [0.4, 0.5) is 29.7 Å². The molecule has 0 bridgehead atoms. The fourth-order valence-electron chi connectivity index (χ4n) is 14.2. The molecule has 2 spiro atoms. The van der Waals surface area contributed by atoms with Crippen molar-refractivity contribution in [3.8, 4) is 0 Å². The summed E-state index contributed by atoms with van der Waals surface area (Å²) in [5.41, 5.74) is 5.71. The molecule has 6 atom stereocenters. The summed E-state index contributed by atoms with van der Waals surface area (Å²) in [4.78, 5) is 46.0. The van der Waals surface area contributed by atoms with Crippen molar-refractivity contribution in [3.05, 3.63) is 131 Å². The number of carbonyl (C=O) groups excluding carboxylic acids is 2. The van der Waals surface area contributed by atoms with E-state index in [0.717, 1.165) is 101 Å². The standard InChI is InChI=1S/2C32H41FN4O/c2*1-22-20-32(16-17-36(22)21-24-8-6-9-26(18-24)23(2)25-14-15-25)30(34-28-11-4-3-5-12-28)35-31(38)37(32)29-13-7-10-27(33)19-29/h2*6-10,13,18-19,22-23,25,28H,3-5,11-12,14-17,20-21H2,1-2H3,(H,34,35,38)/t22-,23+,32+;22-,23-,32+/m00/s1. The number of aliphatic imine (C=N–C) groups is 2. The lowest BCUT2D eigenvalue weighted by Gasteiger charge is -2.47. The molecule has 76 heavy (non-hydrogen) atoms. The molecular weight excluding hydrogens is 951 g/mol. The Morgan fingerprint density at radius 1 is 0.539 bits per heavy atom. The van der Waals surface area contributed by atoms with Crippen LogP contribution in [0.5, 0.6) is 0 Å². The number of hydrogen-bond donors (Lipinski definition) is 2. The molecule has 2 N–H and O–H groups in total. The minimum absolute atomic E-state index is 0.187. The zero-order chi connectivity index (χ0) is 52.6. The molecule has 0 radical (unpaired) electrons. The number of amides is 4. The summed E-state index contributed by atoms with van der Waals surface area (Å²) in [5.74, 6) is 3.90. The Hall–Kier alpha value is -5.46. The Morgan fingerprint density at radius 2 is 0.934 bits per heavy atom. The molecule has 4 amide bonds. The number of urea groups is 2. The van der Waals surface area contributed by atoms with E-state index < -0.39 is 11.1 Å². The zero-order valence-corrected chi connectivity index (χ0v) is 45.7. The van der Waals surface area contributed by atoms with Crippen molar-refractivity contribution in [3.63, 3.8) is 0 Å². The van der Waals surface area contributed by atoms with E-state index in [1.165, 1.54) is 111 Å². The molecule has 4 heterocycles. The first kappa shape index (κ1) is 52.6. The van der Waals surface area contributed by atoms with Crippen molar-refractivity contribution in [2.45, 2.75) is 203 Å². The Morgan fingerprint density at radius 3 is 1.30 bits per heavy atom. The predicted molar refractivity (Wildman–Crippen MR) is 302 cm³/mol. The molecule has 12 rings (SSSR count). The summed E-state index contributed by atoms with van der Waals surface area (Å²) < 4.78 is 28.6. The lowest BCUT2D eigenvalue weighted by atomic mass is 9.81. The first-order chi connectivity index (χ1) is 36.9. The highest BCUT2D eigenvalue weighted by Crippen LogP contribution is 2.46. The van der Waals surface area contributed by atoms with Gasteiger partial charge in [0.15, 0.2) is 0 Å². The van der Waals surface area contributed by atoms with E-state index in [1.54, 1.807) is 12.1 Å². The molecule has 8 aliphatic rings. The number of halogens is 2. The van der Waals surface area contributed by atoms with E-state index in [4.69, 9.17) is 9.98 Å². The van der Waals surface area contributed by atoms with Crippen molar-refractivity contribution in [1.82, 2.24) is 20.4 Å².